The Kier molecular flexibility index (Phi) is 1.01. The molecule has 10 heavy (non-hydrogen) atoms. The number of H-pyrrole nitrogens is 1. The second-order valence-corrected chi connectivity index (χ2v) is 2.46. The van der Waals surface area contributed by atoms with Crippen LogP contribution >= 0.6 is 0 Å². The Labute approximate surface area is 60.4 Å². The highest BCUT2D eigenvalue weighted by molar-refractivity contribution is 5.78. The van der Waals surface area contributed by atoms with Crippen molar-refractivity contribution in [3.05, 3.63) is 30.0 Å². The SMILES string of the molecule is Cc1ccc2[nH]ncc2c1.[HH]. The lowest BCUT2D eigenvalue weighted by Crippen LogP contribution is -1.70. The zero-order valence-electron chi connectivity index (χ0n) is 5.76. The van der Waals surface area contributed by atoms with Crippen molar-refractivity contribution in [1.29, 1.82) is 0 Å². The molecule has 0 saturated heterocycles. The van der Waals surface area contributed by atoms with Crippen molar-refractivity contribution in [2.75, 3.05) is 0 Å². The lowest BCUT2D eigenvalue weighted by atomic mass is 10.2. The summed E-state index contributed by atoms with van der Waals surface area (Å²) in [5.41, 5.74) is 2.37. The molecule has 2 rings (SSSR count). The number of rotatable bonds is 0. The Morgan fingerprint density at radius 1 is 1.50 bits per heavy atom. The normalized spacial score (nSPS) is 10.5. The minimum Gasteiger partial charge on any atom is -0.278 e. The number of aromatic amines is 1. The third-order valence-electron chi connectivity index (χ3n) is 1.60. The van der Waals surface area contributed by atoms with Crippen LogP contribution in [0.4, 0.5) is 0 Å². The van der Waals surface area contributed by atoms with E-state index in [4.69, 9.17) is 0 Å². The van der Waals surface area contributed by atoms with Gasteiger partial charge in [0.1, 0.15) is 0 Å². The smallest absolute Gasteiger partial charge is 0.0650 e. The van der Waals surface area contributed by atoms with Gasteiger partial charge in [-0.2, -0.15) is 5.10 Å². The molecule has 1 aromatic heterocycles. The van der Waals surface area contributed by atoms with Crippen LogP contribution in [0.3, 0.4) is 0 Å². The highest BCUT2D eigenvalue weighted by Gasteiger charge is 1.92. The van der Waals surface area contributed by atoms with E-state index in [0.29, 0.717) is 0 Å². The molecule has 0 aliphatic heterocycles. The fourth-order valence-corrected chi connectivity index (χ4v) is 1.06. The van der Waals surface area contributed by atoms with Crippen molar-refractivity contribution in [2.45, 2.75) is 6.92 Å². The van der Waals surface area contributed by atoms with Crippen molar-refractivity contribution in [3.8, 4) is 0 Å². The molecule has 52 valence electrons. The molecule has 1 aromatic carbocycles. The molecule has 0 spiro atoms. The predicted molar refractivity (Wildman–Crippen MR) is 42.9 cm³/mol. The summed E-state index contributed by atoms with van der Waals surface area (Å²) in [5, 5.41) is 7.99. The van der Waals surface area contributed by atoms with E-state index < -0.39 is 0 Å². The van der Waals surface area contributed by atoms with Gasteiger partial charge < -0.3 is 0 Å². The molecule has 0 unspecified atom stereocenters. The van der Waals surface area contributed by atoms with Gasteiger partial charge in [-0.3, -0.25) is 5.10 Å². The van der Waals surface area contributed by atoms with Gasteiger partial charge >= 0.3 is 0 Å². The quantitative estimate of drug-likeness (QED) is 0.587. The highest BCUT2D eigenvalue weighted by Crippen LogP contribution is 2.11. The van der Waals surface area contributed by atoms with Crippen LogP contribution in [0.1, 0.15) is 6.99 Å². The third kappa shape index (κ3) is 0.692. The largest absolute Gasteiger partial charge is 0.278 e. The van der Waals surface area contributed by atoms with Crippen LogP contribution < -0.4 is 0 Å². The number of hydrogen-bond acceptors (Lipinski definition) is 1. The maximum atomic E-state index is 3.92. The number of nitrogens with zero attached hydrogens (tertiary/aromatic N) is 1. The first-order valence-corrected chi connectivity index (χ1v) is 3.26. The van der Waals surface area contributed by atoms with E-state index in [1.807, 2.05) is 12.3 Å². The number of fused-ring (bicyclic) bond motifs is 1. The predicted octanol–water partition coefficient (Wildman–Crippen LogP) is 2.12. The van der Waals surface area contributed by atoms with E-state index in [1.54, 1.807) is 0 Å². The molecule has 0 atom stereocenters. The minimum absolute atomic E-state index is 0. The fourth-order valence-electron chi connectivity index (χ4n) is 1.06. The first-order chi connectivity index (χ1) is 4.86. The topological polar surface area (TPSA) is 28.7 Å². The van der Waals surface area contributed by atoms with E-state index >= 15 is 0 Å². The summed E-state index contributed by atoms with van der Waals surface area (Å²) in [6.45, 7) is 2.08. The molecule has 2 nitrogen and oxygen atoms in total. The Balaban J connectivity index is 0.000000605. The minimum atomic E-state index is 0. The number of nitrogens with one attached hydrogen (secondary N) is 1. The second-order valence-electron chi connectivity index (χ2n) is 2.46. The molecule has 0 amide bonds. The van der Waals surface area contributed by atoms with E-state index in [-0.39, 0.29) is 1.43 Å². The number of hydrogen-bond donors (Lipinski definition) is 1. The van der Waals surface area contributed by atoms with Crippen LogP contribution in [-0.4, -0.2) is 10.2 Å². The van der Waals surface area contributed by atoms with Crippen LogP contribution in [0.15, 0.2) is 24.4 Å². The van der Waals surface area contributed by atoms with Crippen molar-refractivity contribution < 1.29 is 1.43 Å². The Morgan fingerprint density at radius 2 is 2.40 bits per heavy atom. The van der Waals surface area contributed by atoms with Crippen LogP contribution in [0.25, 0.3) is 10.9 Å². The van der Waals surface area contributed by atoms with Gasteiger partial charge in [0.25, 0.3) is 0 Å². The monoisotopic (exact) mass is 134 g/mol. The number of aromatic nitrogens is 2. The summed E-state index contributed by atoms with van der Waals surface area (Å²) < 4.78 is 0. The van der Waals surface area contributed by atoms with Crippen LogP contribution in [0, 0.1) is 6.92 Å². The van der Waals surface area contributed by atoms with Gasteiger partial charge in [-0.05, 0) is 19.1 Å². The van der Waals surface area contributed by atoms with Gasteiger partial charge in [0.05, 0.1) is 11.7 Å². The maximum Gasteiger partial charge on any atom is 0.0650 e. The lowest BCUT2D eigenvalue weighted by Gasteiger charge is -1.89. The molecule has 0 aliphatic rings. The molecule has 1 N–H and O–H groups in total. The Morgan fingerprint density at radius 3 is 3.30 bits per heavy atom. The summed E-state index contributed by atoms with van der Waals surface area (Å²) in [6, 6.07) is 6.22. The fraction of sp³-hybridized carbons (Fsp3) is 0.125. The van der Waals surface area contributed by atoms with Crippen molar-refractivity contribution >= 4 is 10.9 Å². The molecule has 0 aliphatic carbocycles. The lowest BCUT2D eigenvalue weighted by molar-refractivity contribution is 1.12. The van der Waals surface area contributed by atoms with Crippen molar-refractivity contribution in [1.82, 2.24) is 10.2 Å². The van der Waals surface area contributed by atoms with E-state index in [2.05, 4.69) is 29.3 Å². The zero-order valence-corrected chi connectivity index (χ0v) is 5.76. The Bertz CT molecular complexity index is 354. The van der Waals surface area contributed by atoms with Gasteiger partial charge in [0.2, 0.25) is 0 Å². The Hall–Kier alpha value is -1.31. The van der Waals surface area contributed by atoms with Gasteiger partial charge in [-0.25, -0.2) is 0 Å². The zero-order chi connectivity index (χ0) is 6.97. The van der Waals surface area contributed by atoms with Crippen LogP contribution in [0.2, 0.25) is 0 Å². The van der Waals surface area contributed by atoms with Gasteiger partial charge in [0, 0.05) is 6.81 Å². The summed E-state index contributed by atoms with van der Waals surface area (Å²) in [7, 11) is 0. The van der Waals surface area contributed by atoms with Gasteiger partial charge in [-0.15, -0.1) is 0 Å². The number of aryl methyl sites for hydroxylation is 1. The summed E-state index contributed by atoms with van der Waals surface area (Å²) in [4.78, 5) is 0. The average Bonchev–Trinajstić information content (AvgIpc) is 2.33. The molecule has 0 radical (unpaired) electrons. The first kappa shape index (κ1) is 5.47. The molecule has 0 bridgehead atoms. The van der Waals surface area contributed by atoms with E-state index in [1.165, 1.54) is 10.9 Å². The first-order valence-electron chi connectivity index (χ1n) is 3.26. The summed E-state index contributed by atoms with van der Waals surface area (Å²) in [6.07, 6.45) is 1.84. The van der Waals surface area contributed by atoms with Gasteiger partial charge in [0.15, 0.2) is 0 Å². The summed E-state index contributed by atoms with van der Waals surface area (Å²) >= 11 is 0. The molecule has 1 heterocycles. The van der Waals surface area contributed by atoms with E-state index in [9.17, 15) is 0 Å². The third-order valence-corrected chi connectivity index (χ3v) is 1.60. The summed E-state index contributed by atoms with van der Waals surface area (Å²) in [5.74, 6) is 0. The van der Waals surface area contributed by atoms with Crippen molar-refractivity contribution in [2.24, 2.45) is 0 Å². The number of benzene rings is 1. The van der Waals surface area contributed by atoms with Crippen LogP contribution in [0.5, 0.6) is 0 Å². The van der Waals surface area contributed by atoms with E-state index in [0.717, 1.165) is 5.52 Å². The van der Waals surface area contributed by atoms with Crippen LogP contribution in [-0.2, 0) is 0 Å². The molecule has 0 fully saturated rings. The molecule has 0 saturated carbocycles. The van der Waals surface area contributed by atoms with Gasteiger partial charge in [-0.1, -0.05) is 11.6 Å². The molecular weight excluding hydrogens is 124 g/mol. The maximum absolute atomic E-state index is 3.92. The standard InChI is InChI=1S/C8H8N2.H2/c1-6-2-3-8-7(4-6)5-9-10-8;/h2-5H,1H3,(H,9,10);1H. The molecule has 2 aromatic rings. The second kappa shape index (κ2) is 1.84. The van der Waals surface area contributed by atoms with Crippen molar-refractivity contribution in [3.63, 3.8) is 0 Å². The molecule has 2 heteroatoms. The average molecular weight is 134 g/mol. The molecular formula is C8H10N2. The highest BCUT2D eigenvalue weighted by atomic mass is 15.1.